The van der Waals surface area contributed by atoms with Gasteiger partial charge in [-0.05, 0) is 55.0 Å². The van der Waals surface area contributed by atoms with Gasteiger partial charge in [0.1, 0.15) is 5.75 Å². The van der Waals surface area contributed by atoms with E-state index in [1.165, 1.54) is 6.92 Å². The molecule has 124 valence electrons. The van der Waals surface area contributed by atoms with Crippen LogP contribution in [-0.2, 0) is 16.0 Å². The number of hydrogen-bond donors (Lipinski definition) is 0. The molecule has 0 N–H and O–H groups in total. The molecule has 0 aliphatic carbocycles. The van der Waals surface area contributed by atoms with Crippen LogP contribution in [0.2, 0.25) is 10.0 Å². The van der Waals surface area contributed by atoms with Crippen molar-refractivity contribution < 1.29 is 19.1 Å². The smallest absolute Gasteiger partial charge is 0.348 e. The second-order valence-electron chi connectivity index (χ2n) is 5.51. The lowest BCUT2D eigenvalue weighted by atomic mass is 10.1. The lowest BCUT2D eigenvalue weighted by Crippen LogP contribution is -2.33. The summed E-state index contributed by atoms with van der Waals surface area (Å²) in [7, 11) is 0. The molecular weight excluding hydrogens is 351 g/mol. The maximum absolute atomic E-state index is 12.3. The second-order valence-corrected chi connectivity index (χ2v) is 6.39. The number of carbonyl (C=O) groups excluding carboxylic acids is 2. The van der Waals surface area contributed by atoms with Crippen molar-refractivity contribution >= 4 is 35.0 Å². The van der Waals surface area contributed by atoms with Crippen molar-refractivity contribution in [3.8, 4) is 5.75 Å². The van der Waals surface area contributed by atoms with Crippen molar-refractivity contribution in [1.29, 1.82) is 0 Å². The summed E-state index contributed by atoms with van der Waals surface area (Å²) in [6, 6.07) is 11.6. The van der Waals surface area contributed by atoms with E-state index in [4.69, 9.17) is 32.7 Å². The van der Waals surface area contributed by atoms with Crippen LogP contribution in [0.25, 0.3) is 0 Å². The van der Waals surface area contributed by atoms with Crippen LogP contribution >= 0.6 is 23.2 Å². The van der Waals surface area contributed by atoms with E-state index in [0.29, 0.717) is 27.8 Å². The standard InChI is InChI=1S/C18H14Cl2O4/c1-10(17(21)11-2-4-13(19)5-3-11)23-18(22)16-9-12-8-14(20)6-7-15(12)24-16/h2-8,10,16H,9H2,1H3/t10-,16+/m0/s1. The Balaban J connectivity index is 1.63. The molecule has 0 fully saturated rings. The van der Waals surface area contributed by atoms with E-state index in [-0.39, 0.29) is 5.78 Å². The van der Waals surface area contributed by atoms with Gasteiger partial charge in [-0.2, -0.15) is 0 Å². The van der Waals surface area contributed by atoms with Crippen LogP contribution in [0.15, 0.2) is 42.5 Å². The first kappa shape index (κ1) is 16.8. The number of carbonyl (C=O) groups is 2. The highest BCUT2D eigenvalue weighted by molar-refractivity contribution is 6.31. The van der Waals surface area contributed by atoms with Crippen molar-refractivity contribution in [2.24, 2.45) is 0 Å². The number of ketones is 1. The summed E-state index contributed by atoms with van der Waals surface area (Å²) >= 11 is 11.7. The molecule has 1 heterocycles. The molecule has 24 heavy (non-hydrogen) atoms. The van der Waals surface area contributed by atoms with Crippen molar-refractivity contribution in [2.45, 2.75) is 25.6 Å². The SMILES string of the molecule is C[C@H](OC(=O)[C@H]1Cc2cc(Cl)ccc2O1)C(=O)c1ccc(Cl)cc1. The van der Waals surface area contributed by atoms with Crippen LogP contribution in [-0.4, -0.2) is 24.0 Å². The van der Waals surface area contributed by atoms with E-state index in [9.17, 15) is 9.59 Å². The fraction of sp³-hybridized carbons (Fsp3) is 0.222. The number of ether oxygens (including phenoxy) is 2. The van der Waals surface area contributed by atoms with E-state index in [0.717, 1.165) is 5.56 Å². The minimum atomic E-state index is -0.908. The molecule has 2 atom stereocenters. The normalized spacial score (nSPS) is 16.9. The zero-order chi connectivity index (χ0) is 17.3. The van der Waals surface area contributed by atoms with Crippen LogP contribution in [0.1, 0.15) is 22.8 Å². The Hall–Kier alpha value is -2.04. The number of fused-ring (bicyclic) bond motifs is 1. The quantitative estimate of drug-likeness (QED) is 0.604. The van der Waals surface area contributed by atoms with Crippen molar-refractivity contribution in [3.05, 3.63) is 63.6 Å². The zero-order valence-electron chi connectivity index (χ0n) is 12.8. The van der Waals surface area contributed by atoms with Gasteiger partial charge in [0.05, 0.1) is 0 Å². The topological polar surface area (TPSA) is 52.6 Å². The molecule has 1 aliphatic rings. The Morgan fingerprint density at radius 3 is 2.50 bits per heavy atom. The van der Waals surface area contributed by atoms with E-state index >= 15 is 0 Å². The molecule has 4 nitrogen and oxygen atoms in total. The number of Topliss-reactive ketones (excluding diaryl/α,β-unsaturated/α-hetero) is 1. The molecule has 0 saturated carbocycles. The highest BCUT2D eigenvalue weighted by atomic mass is 35.5. The molecule has 0 amide bonds. The highest BCUT2D eigenvalue weighted by Gasteiger charge is 2.32. The first-order valence-corrected chi connectivity index (χ1v) is 8.15. The molecule has 3 rings (SSSR count). The average molecular weight is 365 g/mol. The number of benzene rings is 2. The summed E-state index contributed by atoms with van der Waals surface area (Å²) < 4.78 is 10.8. The van der Waals surface area contributed by atoms with E-state index in [1.54, 1.807) is 42.5 Å². The summed E-state index contributed by atoms with van der Waals surface area (Å²) in [6.07, 6.45) is -1.30. The van der Waals surface area contributed by atoms with E-state index in [2.05, 4.69) is 0 Å². The van der Waals surface area contributed by atoms with Gasteiger partial charge in [-0.15, -0.1) is 0 Å². The van der Waals surface area contributed by atoms with Gasteiger partial charge in [-0.1, -0.05) is 23.2 Å². The maximum Gasteiger partial charge on any atom is 0.348 e. The van der Waals surface area contributed by atoms with Crippen molar-refractivity contribution in [2.75, 3.05) is 0 Å². The van der Waals surface area contributed by atoms with Gasteiger partial charge in [-0.25, -0.2) is 4.79 Å². The lowest BCUT2D eigenvalue weighted by molar-refractivity contribution is -0.153. The van der Waals surface area contributed by atoms with Crippen LogP contribution in [0.3, 0.4) is 0 Å². The molecular formula is C18H14Cl2O4. The van der Waals surface area contributed by atoms with Crippen molar-refractivity contribution in [1.82, 2.24) is 0 Å². The summed E-state index contributed by atoms with van der Waals surface area (Å²) in [4.78, 5) is 24.5. The summed E-state index contributed by atoms with van der Waals surface area (Å²) in [5, 5.41) is 1.12. The van der Waals surface area contributed by atoms with Crippen LogP contribution in [0.4, 0.5) is 0 Å². The molecule has 0 unspecified atom stereocenters. The number of hydrogen-bond acceptors (Lipinski definition) is 4. The second kappa shape index (κ2) is 6.83. The monoisotopic (exact) mass is 364 g/mol. The Kier molecular flexibility index (Phi) is 4.78. The number of esters is 1. The molecule has 2 aromatic carbocycles. The van der Waals surface area contributed by atoms with Crippen molar-refractivity contribution in [3.63, 3.8) is 0 Å². The van der Waals surface area contributed by atoms with Gasteiger partial charge in [0, 0.05) is 22.0 Å². The van der Waals surface area contributed by atoms with Gasteiger partial charge < -0.3 is 9.47 Å². The van der Waals surface area contributed by atoms with Gasteiger partial charge in [0.15, 0.2) is 12.2 Å². The number of halogens is 2. The van der Waals surface area contributed by atoms with Gasteiger partial charge in [-0.3, -0.25) is 4.79 Å². The molecule has 2 aromatic rings. The van der Waals surface area contributed by atoms with Crippen LogP contribution in [0.5, 0.6) is 5.75 Å². The third-order valence-electron chi connectivity index (χ3n) is 3.75. The summed E-state index contributed by atoms with van der Waals surface area (Å²) in [5.41, 5.74) is 1.28. The predicted molar refractivity (Wildman–Crippen MR) is 90.9 cm³/mol. The third-order valence-corrected chi connectivity index (χ3v) is 4.24. The molecule has 0 spiro atoms. The Morgan fingerprint density at radius 1 is 1.12 bits per heavy atom. The lowest BCUT2D eigenvalue weighted by Gasteiger charge is -2.15. The fourth-order valence-electron chi connectivity index (χ4n) is 2.50. The zero-order valence-corrected chi connectivity index (χ0v) is 14.3. The van der Waals surface area contributed by atoms with Gasteiger partial charge in [0.2, 0.25) is 5.78 Å². The third kappa shape index (κ3) is 3.55. The Morgan fingerprint density at radius 2 is 1.79 bits per heavy atom. The predicted octanol–water partition coefficient (Wildman–Crippen LogP) is 4.11. The van der Waals surface area contributed by atoms with Gasteiger partial charge >= 0.3 is 5.97 Å². The van der Waals surface area contributed by atoms with Gasteiger partial charge in [0.25, 0.3) is 0 Å². The fourth-order valence-corrected chi connectivity index (χ4v) is 2.82. The Bertz CT molecular complexity index is 786. The Labute approximate surface area is 149 Å². The van der Waals surface area contributed by atoms with E-state index < -0.39 is 18.2 Å². The van der Waals surface area contributed by atoms with Crippen LogP contribution < -0.4 is 4.74 Å². The highest BCUT2D eigenvalue weighted by Crippen LogP contribution is 2.31. The molecule has 1 aliphatic heterocycles. The average Bonchev–Trinajstić information content (AvgIpc) is 2.98. The maximum atomic E-state index is 12.3. The van der Waals surface area contributed by atoms with Crippen LogP contribution in [0, 0.1) is 0 Å². The molecule has 6 heteroatoms. The number of rotatable bonds is 4. The largest absolute Gasteiger partial charge is 0.478 e. The summed E-state index contributed by atoms with van der Waals surface area (Å²) in [5.74, 6) is -0.256. The minimum absolute atomic E-state index is 0.293. The first-order valence-electron chi connectivity index (χ1n) is 7.39. The first-order chi connectivity index (χ1) is 11.4. The van der Waals surface area contributed by atoms with E-state index in [1.807, 2.05) is 0 Å². The molecule has 0 saturated heterocycles. The summed E-state index contributed by atoms with van der Waals surface area (Å²) in [6.45, 7) is 1.54. The molecule has 0 aromatic heterocycles. The molecule has 0 bridgehead atoms. The molecule has 0 radical (unpaired) electrons. The minimum Gasteiger partial charge on any atom is -0.478 e.